The van der Waals surface area contributed by atoms with E-state index in [4.69, 9.17) is 18.9 Å². The van der Waals surface area contributed by atoms with Gasteiger partial charge in [-0.2, -0.15) is 0 Å². The fourth-order valence-electron chi connectivity index (χ4n) is 3.54. The predicted octanol–water partition coefficient (Wildman–Crippen LogP) is 1.77. The van der Waals surface area contributed by atoms with Gasteiger partial charge in [-0.25, -0.2) is 0 Å². The second kappa shape index (κ2) is 9.06. The molecule has 2 aliphatic rings. The highest BCUT2D eigenvalue weighted by atomic mass is 16.6. The van der Waals surface area contributed by atoms with E-state index in [1.54, 1.807) is 7.11 Å². The van der Waals surface area contributed by atoms with Gasteiger partial charge in [0.15, 0.2) is 0 Å². The van der Waals surface area contributed by atoms with E-state index in [0.717, 1.165) is 19.3 Å². The summed E-state index contributed by atoms with van der Waals surface area (Å²) in [7, 11) is 1.66. The van der Waals surface area contributed by atoms with E-state index in [1.807, 2.05) is 0 Å². The molecule has 0 aromatic heterocycles. The summed E-state index contributed by atoms with van der Waals surface area (Å²) in [5.74, 6) is 0. The van der Waals surface area contributed by atoms with E-state index in [0.29, 0.717) is 39.6 Å². The fraction of sp³-hybridized carbons (Fsp3) is 1.00. The molecule has 0 aromatic rings. The normalized spacial score (nSPS) is 27.7. The highest BCUT2D eigenvalue weighted by Crippen LogP contribution is 2.53. The van der Waals surface area contributed by atoms with E-state index in [9.17, 15) is 5.11 Å². The van der Waals surface area contributed by atoms with Gasteiger partial charge in [0.2, 0.25) is 0 Å². The average Bonchev–Trinajstić information content (AvgIpc) is 2.53. The van der Waals surface area contributed by atoms with E-state index in [1.165, 1.54) is 19.3 Å². The molecule has 5 heteroatoms. The molecule has 2 atom stereocenters. The molecule has 1 spiro atoms. The topological polar surface area (TPSA) is 57.2 Å². The van der Waals surface area contributed by atoms with Crippen LogP contribution in [0, 0.1) is 5.41 Å². The lowest BCUT2D eigenvalue weighted by Gasteiger charge is -2.55. The van der Waals surface area contributed by atoms with Crippen LogP contribution in [0.1, 0.15) is 38.5 Å². The number of aliphatic hydroxyl groups is 1. The number of hydrogen-bond donors (Lipinski definition) is 1. The molecule has 2 fully saturated rings. The van der Waals surface area contributed by atoms with Crippen LogP contribution in [0.25, 0.3) is 0 Å². The molecule has 0 aromatic carbocycles. The van der Waals surface area contributed by atoms with Crippen LogP contribution < -0.4 is 0 Å². The van der Waals surface area contributed by atoms with Crippen molar-refractivity contribution < 1.29 is 24.1 Å². The average molecular weight is 302 g/mol. The Morgan fingerprint density at radius 2 is 1.52 bits per heavy atom. The number of aliphatic hydroxyl groups excluding tert-OH is 1. The first-order valence-electron chi connectivity index (χ1n) is 8.24. The molecule has 2 aliphatic carbocycles. The molecule has 0 radical (unpaired) electrons. The lowest BCUT2D eigenvalue weighted by atomic mass is 9.56. The molecular formula is C16H30O5. The molecule has 2 rings (SSSR count). The number of rotatable bonds is 10. The maximum Gasteiger partial charge on any atom is 0.0704 e. The SMILES string of the molecule is COCCOCCOCCOC1CC(O)C12CCCCC2. The molecular weight excluding hydrogens is 272 g/mol. The van der Waals surface area contributed by atoms with Crippen LogP contribution in [0.2, 0.25) is 0 Å². The van der Waals surface area contributed by atoms with Gasteiger partial charge < -0.3 is 24.1 Å². The largest absolute Gasteiger partial charge is 0.392 e. The minimum absolute atomic E-state index is 0.0571. The van der Waals surface area contributed by atoms with Crippen molar-refractivity contribution >= 4 is 0 Å². The van der Waals surface area contributed by atoms with Crippen molar-refractivity contribution in [2.24, 2.45) is 5.41 Å². The Morgan fingerprint density at radius 3 is 2.14 bits per heavy atom. The first kappa shape index (κ1) is 17.2. The summed E-state index contributed by atoms with van der Waals surface area (Å²) in [5.41, 5.74) is 0.0571. The molecule has 2 saturated carbocycles. The number of methoxy groups -OCH3 is 1. The molecule has 124 valence electrons. The van der Waals surface area contributed by atoms with Crippen molar-refractivity contribution in [1.82, 2.24) is 0 Å². The Balaban J connectivity index is 1.49. The number of ether oxygens (including phenoxy) is 4. The van der Waals surface area contributed by atoms with Crippen LogP contribution in [0.3, 0.4) is 0 Å². The quantitative estimate of drug-likeness (QED) is 0.623. The zero-order valence-corrected chi connectivity index (χ0v) is 13.2. The highest BCUT2D eigenvalue weighted by Gasteiger charge is 2.55. The Labute approximate surface area is 127 Å². The van der Waals surface area contributed by atoms with Crippen LogP contribution in [-0.2, 0) is 18.9 Å². The third kappa shape index (κ3) is 4.63. The zero-order chi connectivity index (χ0) is 15.0. The third-order valence-electron chi connectivity index (χ3n) is 4.88. The molecule has 0 bridgehead atoms. The summed E-state index contributed by atoms with van der Waals surface area (Å²) >= 11 is 0. The number of hydrogen-bond acceptors (Lipinski definition) is 5. The molecule has 0 amide bonds. The van der Waals surface area contributed by atoms with Gasteiger partial charge in [-0.05, 0) is 12.8 Å². The first-order valence-corrected chi connectivity index (χ1v) is 8.24. The van der Waals surface area contributed by atoms with Crippen molar-refractivity contribution in [2.75, 3.05) is 46.8 Å². The van der Waals surface area contributed by atoms with Crippen LogP contribution >= 0.6 is 0 Å². The van der Waals surface area contributed by atoms with Crippen molar-refractivity contribution in [3.8, 4) is 0 Å². The van der Waals surface area contributed by atoms with E-state index < -0.39 is 0 Å². The van der Waals surface area contributed by atoms with Crippen molar-refractivity contribution in [3.63, 3.8) is 0 Å². The minimum Gasteiger partial charge on any atom is -0.392 e. The van der Waals surface area contributed by atoms with Gasteiger partial charge in [-0.15, -0.1) is 0 Å². The maximum atomic E-state index is 10.1. The molecule has 5 nitrogen and oxygen atoms in total. The van der Waals surface area contributed by atoms with Crippen molar-refractivity contribution in [1.29, 1.82) is 0 Å². The Morgan fingerprint density at radius 1 is 0.905 bits per heavy atom. The zero-order valence-electron chi connectivity index (χ0n) is 13.2. The highest BCUT2D eigenvalue weighted by molar-refractivity contribution is 5.05. The second-order valence-electron chi connectivity index (χ2n) is 6.12. The predicted molar refractivity (Wildman–Crippen MR) is 79.4 cm³/mol. The molecule has 2 unspecified atom stereocenters. The van der Waals surface area contributed by atoms with Crippen LogP contribution in [0.4, 0.5) is 0 Å². The van der Waals surface area contributed by atoms with Gasteiger partial charge in [-0.1, -0.05) is 19.3 Å². The van der Waals surface area contributed by atoms with E-state index in [-0.39, 0.29) is 17.6 Å². The Hall–Kier alpha value is -0.200. The second-order valence-corrected chi connectivity index (χ2v) is 6.12. The lowest BCUT2D eigenvalue weighted by molar-refractivity contribution is -0.209. The smallest absolute Gasteiger partial charge is 0.0704 e. The summed E-state index contributed by atoms with van der Waals surface area (Å²) in [5, 5.41) is 10.1. The first-order chi connectivity index (χ1) is 10.3. The summed E-state index contributed by atoms with van der Waals surface area (Å²) < 4.78 is 21.6. The maximum absolute atomic E-state index is 10.1. The van der Waals surface area contributed by atoms with Gasteiger partial charge in [0.25, 0.3) is 0 Å². The van der Waals surface area contributed by atoms with Gasteiger partial charge >= 0.3 is 0 Å². The molecule has 21 heavy (non-hydrogen) atoms. The molecule has 1 N–H and O–H groups in total. The summed E-state index contributed by atoms with van der Waals surface area (Å²) in [6, 6.07) is 0. The van der Waals surface area contributed by atoms with Crippen molar-refractivity contribution in [2.45, 2.75) is 50.7 Å². The third-order valence-corrected chi connectivity index (χ3v) is 4.88. The minimum atomic E-state index is -0.155. The monoisotopic (exact) mass is 302 g/mol. The van der Waals surface area contributed by atoms with Crippen LogP contribution in [-0.4, -0.2) is 64.1 Å². The van der Waals surface area contributed by atoms with Gasteiger partial charge in [-0.3, -0.25) is 0 Å². The van der Waals surface area contributed by atoms with E-state index in [2.05, 4.69) is 0 Å². The molecule has 0 saturated heterocycles. The van der Waals surface area contributed by atoms with Gasteiger partial charge in [0.1, 0.15) is 0 Å². The van der Waals surface area contributed by atoms with E-state index >= 15 is 0 Å². The lowest BCUT2D eigenvalue weighted by Crippen LogP contribution is -2.59. The van der Waals surface area contributed by atoms with Crippen LogP contribution in [0.15, 0.2) is 0 Å². The van der Waals surface area contributed by atoms with Crippen molar-refractivity contribution in [3.05, 3.63) is 0 Å². The Bertz CT molecular complexity index is 278. The fourth-order valence-corrected chi connectivity index (χ4v) is 3.54. The van der Waals surface area contributed by atoms with Crippen LogP contribution in [0.5, 0.6) is 0 Å². The summed E-state index contributed by atoms with van der Waals surface area (Å²) in [6.45, 7) is 3.61. The Kier molecular flexibility index (Phi) is 7.40. The standard InChI is InChI=1S/C16H30O5/c1-18-7-8-19-9-10-20-11-12-21-15-13-14(17)16(15)5-3-2-4-6-16/h14-15,17H,2-13H2,1H3. The molecule has 0 heterocycles. The van der Waals surface area contributed by atoms with Gasteiger partial charge in [0.05, 0.1) is 51.8 Å². The summed E-state index contributed by atoms with van der Waals surface area (Å²) in [6.07, 6.45) is 6.86. The molecule has 0 aliphatic heterocycles. The van der Waals surface area contributed by atoms with Gasteiger partial charge in [0, 0.05) is 18.9 Å². The summed E-state index contributed by atoms with van der Waals surface area (Å²) in [4.78, 5) is 0.